The van der Waals surface area contributed by atoms with Crippen molar-refractivity contribution in [3.8, 4) is 0 Å². The molecule has 3 heteroatoms. The molecule has 1 aliphatic heterocycles. The van der Waals surface area contributed by atoms with E-state index in [0.29, 0.717) is 5.92 Å². The van der Waals surface area contributed by atoms with E-state index >= 15 is 0 Å². The third-order valence-corrected chi connectivity index (χ3v) is 10.2. The van der Waals surface area contributed by atoms with Gasteiger partial charge in [-0.05, 0) is 113 Å². The third-order valence-electron chi connectivity index (χ3n) is 9.35. The van der Waals surface area contributed by atoms with Gasteiger partial charge >= 0.3 is 0 Å². The van der Waals surface area contributed by atoms with E-state index in [1.807, 2.05) is 47.8 Å². The molecule has 2 aromatic rings. The summed E-state index contributed by atoms with van der Waals surface area (Å²) in [5.74, 6) is 1.58. The topological polar surface area (TPSA) is 15.6 Å². The number of nitrogens with zero attached hydrogens (tertiary/aromatic N) is 2. The predicted octanol–water partition coefficient (Wildman–Crippen LogP) is 16.3. The van der Waals surface area contributed by atoms with Crippen molar-refractivity contribution in [2.75, 3.05) is 6.54 Å². The van der Waals surface area contributed by atoms with Gasteiger partial charge in [-0.3, -0.25) is 4.99 Å². The first-order chi connectivity index (χ1) is 24.2. The Morgan fingerprint density at radius 3 is 2.02 bits per heavy atom. The maximum atomic E-state index is 4.65. The zero-order valence-electron chi connectivity index (χ0n) is 35.6. The van der Waals surface area contributed by atoms with Crippen LogP contribution in [0.1, 0.15) is 156 Å². The molecule has 0 aromatic heterocycles. The van der Waals surface area contributed by atoms with Crippen LogP contribution in [0.25, 0.3) is 5.70 Å². The van der Waals surface area contributed by atoms with Crippen LogP contribution in [0.3, 0.4) is 0 Å². The summed E-state index contributed by atoms with van der Waals surface area (Å²) >= 11 is 3.63. The Bertz CT molecular complexity index is 1370. The summed E-state index contributed by atoms with van der Waals surface area (Å²) in [6.07, 6.45) is 12.1. The van der Waals surface area contributed by atoms with Crippen molar-refractivity contribution in [2.45, 2.75) is 154 Å². The standard InChI is InChI=1S/C24H33BrN2.C15H24.C5H8.2C2H6/c1-8-10-11-16(3)23-17(4)14-15-27(20(23)7)19(6)21-12-13-22(25)18(5)24(21)26-9-2;1-5-12(2)6-9-14(4)15-10-7-13(3)8-11-15;1-4-5(2)3;2*1-2/h9,12-13,20H,3,6,8,10-11,14-15H2,1-2,4-5,7H3;7-8,10-12,14H,5-6,9H2,1-4H3;4H,1-2H2,3H3;2*1-2H3. The van der Waals surface area contributed by atoms with Gasteiger partial charge in [0, 0.05) is 28.5 Å². The van der Waals surface area contributed by atoms with Gasteiger partial charge in [0.15, 0.2) is 0 Å². The van der Waals surface area contributed by atoms with Gasteiger partial charge in [0.25, 0.3) is 0 Å². The van der Waals surface area contributed by atoms with Gasteiger partial charge in [-0.1, -0.05) is 164 Å². The Morgan fingerprint density at radius 1 is 0.961 bits per heavy atom. The summed E-state index contributed by atoms with van der Waals surface area (Å²) < 4.78 is 1.08. The summed E-state index contributed by atoms with van der Waals surface area (Å²) in [7, 11) is 0. The predicted molar refractivity (Wildman–Crippen MR) is 240 cm³/mol. The summed E-state index contributed by atoms with van der Waals surface area (Å²) in [5.41, 5.74) is 12.4. The van der Waals surface area contributed by atoms with Gasteiger partial charge in [0.2, 0.25) is 0 Å². The Labute approximate surface area is 326 Å². The molecule has 286 valence electrons. The van der Waals surface area contributed by atoms with Crippen molar-refractivity contribution in [3.63, 3.8) is 0 Å². The number of aryl methyl sites for hydroxylation is 1. The Balaban J connectivity index is 0. The number of aliphatic imine (C=N–C) groups is 1. The van der Waals surface area contributed by atoms with Crippen LogP contribution in [0.5, 0.6) is 0 Å². The first-order valence-corrected chi connectivity index (χ1v) is 20.5. The molecule has 2 aromatic carbocycles. The van der Waals surface area contributed by atoms with Gasteiger partial charge < -0.3 is 4.90 Å². The molecule has 0 saturated carbocycles. The number of hydrogen-bond acceptors (Lipinski definition) is 2. The van der Waals surface area contributed by atoms with Gasteiger partial charge in [0.1, 0.15) is 0 Å². The van der Waals surface area contributed by atoms with Gasteiger partial charge in [-0.25, -0.2) is 0 Å². The fraction of sp³-hybridized carbons (Fsp3) is 0.521. The van der Waals surface area contributed by atoms with E-state index in [-0.39, 0.29) is 6.04 Å². The average Bonchev–Trinajstić information content (AvgIpc) is 3.13. The molecule has 0 spiro atoms. The van der Waals surface area contributed by atoms with Crippen molar-refractivity contribution in [1.82, 2.24) is 4.90 Å². The Kier molecular flexibility index (Phi) is 28.2. The van der Waals surface area contributed by atoms with Gasteiger partial charge in [-0.15, -0.1) is 0 Å². The number of benzene rings is 2. The molecule has 51 heavy (non-hydrogen) atoms. The highest BCUT2D eigenvalue weighted by Gasteiger charge is 2.28. The van der Waals surface area contributed by atoms with Crippen LogP contribution in [0.4, 0.5) is 5.69 Å². The van der Waals surface area contributed by atoms with E-state index in [1.165, 1.54) is 60.0 Å². The van der Waals surface area contributed by atoms with Crippen molar-refractivity contribution in [3.05, 3.63) is 118 Å². The van der Waals surface area contributed by atoms with Crippen molar-refractivity contribution >= 4 is 33.5 Å². The van der Waals surface area contributed by atoms with Crippen LogP contribution in [0, 0.1) is 19.8 Å². The lowest BCUT2D eigenvalue weighted by molar-refractivity contribution is 0.329. The van der Waals surface area contributed by atoms with Crippen LogP contribution in [-0.4, -0.2) is 23.7 Å². The molecule has 3 atom stereocenters. The molecular formula is C48H77BrN2. The minimum absolute atomic E-state index is 0.290. The number of unbranched alkanes of at least 4 members (excludes halogenated alkanes) is 1. The van der Waals surface area contributed by atoms with Gasteiger partial charge in [0.05, 0.1) is 11.7 Å². The number of allylic oxidation sites excluding steroid dienone is 2. The first-order valence-electron chi connectivity index (χ1n) is 19.7. The van der Waals surface area contributed by atoms with E-state index in [9.17, 15) is 0 Å². The van der Waals surface area contributed by atoms with Crippen LogP contribution in [-0.2, 0) is 0 Å². The van der Waals surface area contributed by atoms with Crippen LogP contribution in [0.2, 0.25) is 0 Å². The third kappa shape index (κ3) is 17.9. The monoisotopic (exact) mass is 761 g/mol. The molecule has 3 unspecified atom stereocenters. The molecule has 0 fully saturated rings. The molecule has 0 N–H and O–H groups in total. The van der Waals surface area contributed by atoms with Crippen molar-refractivity contribution in [2.24, 2.45) is 10.9 Å². The van der Waals surface area contributed by atoms with E-state index < -0.39 is 0 Å². The Hall–Kier alpha value is -2.91. The second-order valence-electron chi connectivity index (χ2n) is 13.4. The maximum Gasteiger partial charge on any atom is 0.0758 e. The largest absolute Gasteiger partial charge is 0.364 e. The van der Waals surface area contributed by atoms with Crippen molar-refractivity contribution < 1.29 is 0 Å². The fourth-order valence-electron chi connectivity index (χ4n) is 5.78. The highest BCUT2D eigenvalue weighted by atomic mass is 79.9. The van der Waals surface area contributed by atoms with Gasteiger partial charge in [-0.2, -0.15) is 0 Å². The zero-order valence-corrected chi connectivity index (χ0v) is 37.2. The second kappa shape index (κ2) is 28.6. The van der Waals surface area contributed by atoms with E-state index in [4.69, 9.17) is 0 Å². The zero-order chi connectivity index (χ0) is 39.7. The molecule has 1 heterocycles. The van der Waals surface area contributed by atoms with Crippen LogP contribution < -0.4 is 0 Å². The normalized spacial score (nSPS) is 14.6. The van der Waals surface area contributed by atoms with E-state index in [1.54, 1.807) is 6.08 Å². The molecule has 0 radical (unpaired) electrons. The molecule has 0 amide bonds. The number of rotatable bonds is 13. The average molecular weight is 762 g/mol. The number of hydrogen-bond donors (Lipinski definition) is 0. The molecule has 3 rings (SSSR count). The smallest absolute Gasteiger partial charge is 0.0758 e. The minimum Gasteiger partial charge on any atom is -0.364 e. The molecule has 0 saturated heterocycles. The summed E-state index contributed by atoms with van der Waals surface area (Å²) in [6, 6.07) is 13.5. The molecule has 0 bridgehead atoms. The minimum atomic E-state index is 0.290. The van der Waals surface area contributed by atoms with Crippen LogP contribution >= 0.6 is 15.9 Å². The highest BCUT2D eigenvalue weighted by Crippen LogP contribution is 2.39. The molecular weight excluding hydrogens is 684 g/mol. The molecule has 1 aliphatic rings. The number of halogens is 1. The second-order valence-corrected chi connectivity index (χ2v) is 14.2. The summed E-state index contributed by atoms with van der Waals surface area (Å²) in [6.45, 7) is 46.8. The lowest BCUT2D eigenvalue weighted by atomic mass is 9.86. The van der Waals surface area contributed by atoms with E-state index in [2.05, 4.69) is 144 Å². The maximum absolute atomic E-state index is 4.65. The van der Waals surface area contributed by atoms with Crippen molar-refractivity contribution in [1.29, 1.82) is 0 Å². The lowest BCUT2D eigenvalue weighted by Gasteiger charge is -2.40. The SMILES string of the molecule is C=C(CCCC)C1=C(C)CCN(C(=C)c2ccc(Br)c(C)c2N=CC)C1C.C=CC(=C)C.CC.CC.CCC(C)CCC(C)c1ccc(C)cc1. The molecule has 2 nitrogen and oxygen atoms in total. The Morgan fingerprint density at radius 2 is 1.53 bits per heavy atom. The lowest BCUT2D eigenvalue weighted by Crippen LogP contribution is -2.38. The van der Waals surface area contributed by atoms with E-state index in [0.717, 1.165) is 57.9 Å². The quantitative estimate of drug-likeness (QED) is 0.147. The highest BCUT2D eigenvalue weighted by molar-refractivity contribution is 9.10. The summed E-state index contributed by atoms with van der Waals surface area (Å²) in [5, 5.41) is 0. The molecule has 0 aliphatic carbocycles. The first kappa shape index (κ1) is 50.2. The summed E-state index contributed by atoms with van der Waals surface area (Å²) in [4.78, 5) is 7.07. The fourth-order valence-corrected chi connectivity index (χ4v) is 6.10. The van der Waals surface area contributed by atoms with Crippen LogP contribution in [0.15, 0.2) is 101 Å².